The van der Waals surface area contributed by atoms with Crippen molar-refractivity contribution >= 4 is 61.5 Å². The number of benzene rings is 4. The number of carbonyl (C=O) groups is 3. The minimum atomic E-state index is -0.489. The molecule has 4 aromatic carbocycles. The summed E-state index contributed by atoms with van der Waals surface area (Å²) in [6, 6.07) is 28.3. The van der Waals surface area contributed by atoms with Gasteiger partial charge < -0.3 is 4.74 Å². The van der Waals surface area contributed by atoms with Crippen LogP contribution in [0.1, 0.15) is 21.5 Å². The largest absolute Gasteiger partial charge is 0.488 e. The summed E-state index contributed by atoms with van der Waals surface area (Å²) in [7, 11) is 0. The molecule has 5 nitrogen and oxygen atoms in total. The number of ketones is 1. The lowest BCUT2D eigenvalue weighted by molar-refractivity contribution is -0.122. The first kappa shape index (κ1) is 24.0. The molecule has 0 aliphatic carbocycles. The van der Waals surface area contributed by atoms with Crippen LogP contribution in [0, 0.1) is 0 Å². The van der Waals surface area contributed by atoms with Gasteiger partial charge in [0.05, 0.1) is 11.4 Å². The summed E-state index contributed by atoms with van der Waals surface area (Å²) in [5.74, 6) is -0.184. The molecule has 1 aliphatic rings. The van der Waals surface area contributed by atoms with E-state index in [4.69, 9.17) is 4.74 Å². The Morgan fingerprint density at radius 2 is 1.61 bits per heavy atom. The number of nitrogens with zero attached hydrogens (tertiary/aromatic N) is 1. The molecular formula is C29H20BrNO4S. The van der Waals surface area contributed by atoms with E-state index in [1.165, 1.54) is 0 Å². The molecule has 178 valence electrons. The second-order valence-corrected chi connectivity index (χ2v) is 10.1. The van der Waals surface area contributed by atoms with Crippen LogP contribution in [0.15, 0.2) is 100 Å². The van der Waals surface area contributed by atoms with Gasteiger partial charge in [-0.05, 0) is 52.4 Å². The standard InChI is InChI=1S/C29H20BrNO4S/c30-22-13-10-21(11-14-22)25(32)17-31-28(33)27(36-29(31)34)16-24-23-9-5-4-8-20(23)12-15-26(24)35-18-19-6-2-1-3-7-19/h1-16H,17-18H2/b27-16+. The Bertz CT molecular complexity index is 1500. The maximum atomic E-state index is 13.2. The molecule has 5 rings (SSSR count). The van der Waals surface area contributed by atoms with Gasteiger partial charge in [-0.15, -0.1) is 0 Å². The highest BCUT2D eigenvalue weighted by atomic mass is 79.9. The fraction of sp³-hybridized carbons (Fsp3) is 0.0690. The number of imide groups is 1. The minimum Gasteiger partial charge on any atom is -0.488 e. The molecule has 0 atom stereocenters. The van der Waals surface area contributed by atoms with Crippen molar-refractivity contribution < 1.29 is 19.1 Å². The lowest BCUT2D eigenvalue weighted by Gasteiger charge is -2.13. The SMILES string of the molecule is O=C(CN1C(=O)S/C(=C/c2c(OCc3ccccc3)ccc3ccccc23)C1=O)c1ccc(Br)cc1. The van der Waals surface area contributed by atoms with E-state index in [0.29, 0.717) is 23.5 Å². The maximum absolute atomic E-state index is 13.2. The second kappa shape index (κ2) is 10.5. The number of hydrogen-bond donors (Lipinski definition) is 0. The molecule has 0 N–H and O–H groups in total. The molecule has 36 heavy (non-hydrogen) atoms. The van der Waals surface area contributed by atoms with Crippen molar-refractivity contribution in [2.75, 3.05) is 6.54 Å². The molecule has 0 radical (unpaired) electrons. The molecular weight excluding hydrogens is 538 g/mol. The molecule has 0 saturated carbocycles. The molecule has 0 aromatic heterocycles. The van der Waals surface area contributed by atoms with E-state index in [1.54, 1.807) is 30.3 Å². The lowest BCUT2D eigenvalue weighted by atomic mass is 10.0. The summed E-state index contributed by atoms with van der Waals surface area (Å²) in [4.78, 5) is 39.8. The first-order chi connectivity index (χ1) is 17.5. The predicted octanol–water partition coefficient (Wildman–Crippen LogP) is 7.10. The van der Waals surface area contributed by atoms with Crippen LogP contribution in [0.3, 0.4) is 0 Å². The first-order valence-corrected chi connectivity index (χ1v) is 12.8. The highest BCUT2D eigenvalue weighted by Crippen LogP contribution is 2.37. The van der Waals surface area contributed by atoms with Gasteiger partial charge in [-0.25, -0.2) is 0 Å². The number of ether oxygens (including phenoxy) is 1. The van der Waals surface area contributed by atoms with Crippen LogP contribution in [0.5, 0.6) is 5.75 Å². The van der Waals surface area contributed by atoms with Crippen LogP contribution < -0.4 is 4.74 Å². The second-order valence-electron chi connectivity index (χ2n) is 8.17. The van der Waals surface area contributed by atoms with Crippen LogP contribution >= 0.6 is 27.7 Å². The number of fused-ring (bicyclic) bond motifs is 1. The van der Waals surface area contributed by atoms with Crippen LogP contribution in [0.4, 0.5) is 4.79 Å². The third-order valence-corrected chi connectivity index (χ3v) is 7.22. The quantitative estimate of drug-likeness (QED) is 0.179. The molecule has 0 spiro atoms. The van der Waals surface area contributed by atoms with E-state index in [9.17, 15) is 14.4 Å². The van der Waals surface area contributed by atoms with E-state index in [2.05, 4.69) is 15.9 Å². The van der Waals surface area contributed by atoms with Gasteiger partial charge in [0.15, 0.2) is 5.78 Å². The molecule has 0 bridgehead atoms. The van der Waals surface area contributed by atoms with Crippen molar-refractivity contribution in [2.45, 2.75) is 6.61 Å². The zero-order chi connectivity index (χ0) is 25.1. The Morgan fingerprint density at radius 3 is 2.39 bits per heavy atom. The Balaban J connectivity index is 1.44. The molecule has 7 heteroatoms. The third-order valence-electron chi connectivity index (χ3n) is 5.78. The van der Waals surface area contributed by atoms with Gasteiger partial charge in [0, 0.05) is 15.6 Å². The van der Waals surface area contributed by atoms with Crippen LogP contribution in [0.25, 0.3) is 16.8 Å². The average molecular weight is 558 g/mol. The van der Waals surface area contributed by atoms with Gasteiger partial charge >= 0.3 is 0 Å². The Morgan fingerprint density at radius 1 is 0.889 bits per heavy atom. The number of amides is 2. The van der Waals surface area contributed by atoms with E-state index in [0.717, 1.165) is 37.5 Å². The van der Waals surface area contributed by atoms with Gasteiger partial charge in [-0.3, -0.25) is 19.3 Å². The van der Waals surface area contributed by atoms with E-state index in [-0.39, 0.29) is 17.2 Å². The lowest BCUT2D eigenvalue weighted by Crippen LogP contribution is -2.33. The van der Waals surface area contributed by atoms with Crippen molar-refractivity contribution in [3.05, 3.63) is 117 Å². The Kier molecular flexibility index (Phi) is 7.02. The normalized spacial score (nSPS) is 14.6. The van der Waals surface area contributed by atoms with Crippen molar-refractivity contribution in [1.29, 1.82) is 0 Å². The maximum Gasteiger partial charge on any atom is 0.293 e. The number of Topliss-reactive ketones (excluding diaryl/α,β-unsaturated/α-hetero) is 1. The number of rotatable bonds is 7. The van der Waals surface area contributed by atoms with Gasteiger partial charge in [-0.2, -0.15) is 0 Å². The summed E-state index contributed by atoms with van der Waals surface area (Å²) < 4.78 is 6.98. The fourth-order valence-corrected chi connectivity index (χ4v) is 5.01. The van der Waals surface area contributed by atoms with Crippen molar-refractivity contribution in [3.63, 3.8) is 0 Å². The van der Waals surface area contributed by atoms with Gasteiger partial charge in [0.1, 0.15) is 12.4 Å². The third kappa shape index (κ3) is 5.12. The number of thioether (sulfide) groups is 1. The molecule has 0 unspecified atom stereocenters. The fourth-order valence-electron chi connectivity index (χ4n) is 3.92. The van der Waals surface area contributed by atoms with Crippen molar-refractivity contribution in [3.8, 4) is 5.75 Å². The minimum absolute atomic E-state index is 0.254. The summed E-state index contributed by atoms with van der Waals surface area (Å²) >= 11 is 4.17. The monoisotopic (exact) mass is 557 g/mol. The highest BCUT2D eigenvalue weighted by Gasteiger charge is 2.36. The summed E-state index contributed by atoms with van der Waals surface area (Å²) in [6.45, 7) is 0.0553. The molecule has 1 heterocycles. The first-order valence-electron chi connectivity index (χ1n) is 11.2. The topological polar surface area (TPSA) is 63.7 Å². The Hall–Kier alpha value is -3.68. The Labute approximate surface area is 220 Å². The van der Waals surface area contributed by atoms with Gasteiger partial charge in [-0.1, -0.05) is 88.7 Å². The smallest absolute Gasteiger partial charge is 0.293 e. The van der Waals surface area contributed by atoms with Gasteiger partial charge in [0.25, 0.3) is 11.1 Å². The summed E-state index contributed by atoms with van der Waals surface area (Å²) in [5, 5.41) is 1.42. The molecule has 1 aliphatic heterocycles. The number of carbonyl (C=O) groups excluding carboxylic acids is 3. The summed E-state index contributed by atoms with van der Waals surface area (Å²) in [5.41, 5.74) is 2.17. The zero-order valence-electron chi connectivity index (χ0n) is 19.0. The number of hydrogen-bond acceptors (Lipinski definition) is 5. The average Bonchev–Trinajstić information content (AvgIpc) is 3.16. The van der Waals surface area contributed by atoms with Crippen LogP contribution in [0.2, 0.25) is 0 Å². The van der Waals surface area contributed by atoms with Crippen LogP contribution in [-0.2, 0) is 11.4 Å². The molecule has 4 aromatic rings. The van der Waals surface area contributed by atoms with Crippen molar-refractivity contribution in [1.82, 2.24) is 4.90 Å². The van der Waals surface area contributed by atoms with Crippen molar-refractivity contribution in [2.24, 2.45) is 0 Å². The molecule has 1 saturated heterocycles. The highest BCUT2D eigenvalue weighted by molar-refractivity contribution is 9.10. The molecule has 2 amide bonds. The van der Waals surface area contributed by atoms with Gasteiger partial charge in [0.2, 0.25) is 0 Å². The van der Waals surface area contributed by atoms with E-state index in [1.807, 2.05) is 66.7 Å². The van der Waals surface area contributed by atoms with E-state index >= 15 is 0 Å². The van der Waals surface area contributed by atoms with Crippen LogP contribution in [-0.4, -0.2) is 28.4 Å². The molecule has 1 fully saturated rings. The van der Waals surface area contributed by atoms with E-state index < -0.39 is 11.1 Å². The zero-order valence-corrected chi connectivity index (χ0v) is 21.4. The summed E-state index contributed by atoms with van der Waals surface area (Å²) in [6.07, 6.45) is 1.69. The number of halogens is 1. The predicted molar refractivity (Wildman–Crippen MR) is 146 cm³/mol.